The molecule has 25 heavy (non-hydrogen) atoms. The second-order valence-corrected chi connectivity index (χ2v) is 6.91. The minimum atomic E-state index is -0.0489. The van der Waals surface area contributed by atoms with E-state index in [1.807, 2.05) is 6.07 Å². The van der Waals surface area contributed by atoms with Crippen LogP contribution in [-0.2, 0) is 6.54 Å². The normalized spacial score (nSPS) is 16.7. The number of amides is 1. The van der Waals surface area contributed by atoms with Crippen LogP contribution in [-0.4, -0.2) is 43.1 Å². The minimum absolute atomic E-state index is 0.0489. The van der Waals surface area contributed by atoms with Crippen molar-refractivity contribution in [2.45, 2.75) is 19.4 Å². The standard InChI is InChI=1S/C16H15N7OS/c24-16-11-9-23(20-12(11)10-22(16)15-3-4-19-25-15)14-8-17-13(7-18-14)21-5-1-2-6-21/h3-4,7-9H,1-2,5-6,10H2. The number of hydrogen-bond donors (Lipinski definition) is 0. The van der Waals surface area contributed by atoms with Crippen LogP contribution in [0.2, 0.25) is 0 Å². The Morgan fingerprint density at radius 1 is 1.08 bits per heavy atom. The zero-order valence-electron chi connectivity index (χ0n) is 13.4. The highest BCUT2D eigenvalue weighted by Crippen LogP contribution is 2.30. The lowest BCUT2D eigenvalue weighted by Crippen LogP contribution is -2.23. The quantitative estimate of drug-likeness (QED) is 0.715. The van der Waals surface area contributed by atoms with Crippen molar-refractivity contribution in [3.63, 3.8) is 0 Å². The van der Waals surface area contributed by atoms with Crippen LogP contribution in [0.5, 0.6) is 0 Å². The molecule has 0 atom stereocenters. The zero-order chi connectivity index (χ0) is 16.8. The van der Waals surface area contributed by atoms with Gasteiger partial charge in [-0.2, -0.15) is 9.47 Å². The van der Waals surface area contributed by atoms with Gasteiger partial charge >= 0.3 is 0 Å². The molecule has 0 aliphatic carbocycles. The monoisotopic (exact) mass is 353 g/mol. The first-order valence-electron chi connectivity index (χ1n) is 8.18. The van der Waals surface area contributed by atoms with Gasteiger partial charge in [0.15, 0.2) is 5.82 Å². The summed E-state index contributed by atoms with van der Waals surface area (Å²) >= 11 is 1.31. The maximum Gasteiger partial charge on any atom is 0.262 e. The molecule has 9 heteroatoms. The molecule has 2 aliphatic heterocycles. The van der Waals surface area contributed by atoms with Crippen molar-refractivity contribution >= 4 is 28.3 Å². The highest BCUT2D eigenvalue weighted by molar-refractivity contribution is 7.10. The molecule has 3 aromatic heterocycles. The Hall–Kier alpha value is -2.81. The van der Waals surface area contributed by atoms with Crippen LogP contribution in [0.4, 0.5) is 10.8 Å². The molecule has 0 saturated carbocycles. The topological polar surface area (TPSA) is 80.0 Å². The lowest BCUT2D eigenvalue weighted by Gasteiger charge is -2.15. The second kappa shape index (κ2) is 5.62. The van der Waals surface area contributed by atoms with E-state index in [-0.39, 0.29) is 5.91 Å². The lowest BCUT2D eigenvalue weighted by molar-refractivity contribution is 0.0997. The molecule has 1 amide bonds. The van der Waals surface area contributed by atoms with Crippen molar-refractivity contribution in [2.24, 2.45) is 0 Å². The Kier molecular flexibility index (Phi) is 3.27. The number of carbonyl (C=O) groups excluding carboxylic acids is 1. The third-order valence-corrected chi connectivity index (χ3v) is 5.32. The summed E-state index contributed by atoms with van der Waals surface area (Å²) in [4.78, 5) is 25.5. The van der Waals surface area contributed by atoms with E-state index in [0.717, 1.165) is 29.6 Å². The molecule has 5 heterocycles. The zero-order valence-corrected chi connectivity index (χ0v) is 14.2. The molecule has 5 rings (SSSR count). The fraction of sp³-hybridized carbons (Fsp3) is 0.312. The van der Waals surface area contributed by atoms with Gasteiger partial charge in [-0.05, 0) is 30.4 Å². The van der Waals surface area contributed by atoms with Crippen LogP contribution in [0, 0.1) is 0 Å². The summed E-state index contributed by atoms with van der Waals surface area (Å²) in [5.74, 6) is 1.47. The molecule has 3 aromatic rings. The summed E-state index contributed by atoms with van der Waals surface area (Å²) < 4.78 is 5.69. The fourth-order valence-corrected chi connectivity index (χ4v) is 3.86. The minimum Gasteiger partial charge on any atom is -0.355 e. The molecular formula is C16H15N7OS. The maximum absolute atomic E-state index is 12.6. The molecule has 1 fully saturated rings. The van der Waals surface area contributed by atoms with Gasteiger partial charge in [-0.25, -0.2) is 14.6 Å². The van der Waals surface area contributed by atoms with Crippen LogP contribution < -0.4 is 9.80 Å². The van der Waals surface area contributed by atoms with Crippen molar-refractivity contribution in [3.05, 3.63) is 42.1 Å². The summed E-state index contributed by atoms with van der Waals surface area (Å²) in [6.07, 6.45) is 9.32. The van der Waals surface area contributed by atoms with Gasteiger partial charge in [0.1, 0.15) is 10.8 Å². The Bertz CT molecular complexity index is 913. The van der Waals surface area contributed by atoms with E-state index in [4.69, 9.17) is 0 Å². The fourth-order valence-electron chi connectivity index (χ4n) is 3.26. The van der Waals surface area contributed by atoms with Crippen LogP contribution in [0.25, 0.3) is 5.82 Å². The highest BCUT2D eigenvalue weighted by atomic mass is 32.1. The van der Waals surface area contributed by atoms with Gasteiger partial charge in [-0.3, -0.25) is 9.69 Å². The predicted octanol–water partition coefficient (Wildman–Crippen LogP) is 1.88. The largest absolute Gasteiger partial charge is 0.355 e. The molecule has 0 N–H and O–H groups in total. The molecule has 1 saturated heterocycles. The van der Waals surface area contributed by atoms with E-state index in [1.165, 1.54) is 24.4 Å². The number of anilines is 2. The van der Waals surface area contributed by atoms with Gasteiger partial charge in [-0.1, -0.05) is 0 Å². The van der Waals surface area contributed by atoms with Crippen molar-refractivity contribution in [1.82, 2.24) is 24.1 Å². The number of aromatic nitrogens is 5. The molecule has 8 nitrogen and oxygen atoms in total. The van der Waals surface area contributed by atoms with Crippen molar-refractivity contribution in [3.8, 4) is 5.82 Å². The van der Waals surface area contributed by atoms with Crippen LogP contribution >= 0.6 is 11.5 Å². The predicted molar refractivity (Wildman–Crippen MR) is 93.2 cm³/mol. The molecule has 0 radical (unpaired) electrons. The Labute approximate surface area is 147 Å². The van der Waals surface area contributed by atoms with E-state index in [9.17, 15) is 4.79 Å². The maximum atomic E-state index is 12.6. The molecular weight excluding hydrogens is 338 g/mol. The van der Waals surface area contributed by atoms with Crippen molar-refractivity contribution in [2.75, 3.05) is 22.9 Å². The third-order valence-electron chi connectivity index (χ3n) is 4.55. The van der Waals surface area contributed by atoms with Gasteiger partial charge in [-0.15, -0.1) is 0 Å². The van der Waals surface area contributed by atoms with Gasteiger partial charge in [0.2, 0.25) is 0 Å². The molecule has 0 spiro atoms. The number of nitrogens with zero attached hydrogens (tertiary/aromatic N) is 7. The average Bonchev–Trinajstić information content (AvgIpc) is 3.42. The van der Waals surface area contributed by atoms with Gasteiger partial charge in [0, 0.05) is 25.5 Å². The Balaban J connectivity index is 1.40. The summed E-state index contributed by atoms with van der Waals surface area (Å²) in [6, 6.07) is 1.84. The molecule has 2 aliphatic rings. The summed E-state index contributed by atoms with van der Waals surface area (Å²) in [7, 11) is 0. The second-order valence-electron chi connectivity index (χ2n) is 6.10. The third kappa shape index (κ3) is 2.39. The van der Waals surface area contributed by atoms with E-state index in [2.05, 4.69) is 24.3 Å². The average molecular weight is 353 g/mol. The number of fused-ring (bicyclic) bond motifs is 1. The first kappa shape index (κ1) is 14.5. The Morgan fingerprint density at radius 2 is 1.88 bits per heavy atom. The first-order chi connectivity index (χ1) is 12.3. The van der Waals surface area contributed by atoms with Crippen LogP contribution in [0.1, 0.15) is 28.9 Å². The van der Waals surface area contributed by atoms with Gasteiger partial charge in [0.05, 0.1) is 30.2 Å². The number of rotatable bonds is 3. The summed E-state index contributed by atoms with van der Waals surface area (Å²) in [5.41, 5.74) is 1.36. The van der Waals surface area contributed by atoms with Crippen molar-refractivity contribution in [1.29, 1.82) is 0 Å². The molecule has 0 bridgehead atoms. The van der Waals surface area contributed by atoms with Crippen molar-refractivity contribution < 1.29 is 4.79 Å². The number of carbonyl (C=O) groups is 1. The van der Waals surface area contributed by atoms with E-state index in [0.29, 0.717) is 17.9 Å². The van der Waals surface area contributed by atoms with Crippen LogP contribution in [0.15, 0.2) is 30.9 Å². The number of hydrogen-bond acceptors (Lipinski definition) is 7. The lowest BCUT2D eigenvalue weighted by atomic mass is 10.3. The highest BCUT2D eigenvalue weighted by Gasteiger charge is 2.32. The molecule has 0 aromatic carbocycles. The van der Waals surface area contributed by atoms with Crippen LogP contribution in [0.3, 0.4) is 0 Å². The van der Waals surface area contributed by atoms with E-state index >= 15 is 0 Å². The van der Waals surface area contributed by atoms with Gasteiger partial charge < -0.3 is 4.90 Å². The van der Waals surface area contributed by atoms with E-state index in [1.54, 1.807) is 34.4 Å². The summed E-state index contributed by atoms with van der Waals surface area (Å²) in [6.45, 7) is 2.53. The summed E-state index contributed by atoms with van der Waals surface area (Å²) in [5, 5.41) is 5.36. The first-order valence-corrected chi connectivity index (χ1v) is 8.95. The SMILES string of the molecule is O=C1c2cn(-c3cnc(N4CCCC4)cn3)nc2CN1c1ccns1. The molecule has 126 valence electrons. The Morgan fingerprint density at radius 3 is 2.56 bits per heavy atom. The smallest absolute Gasteiger partial charge is 0.262 e. The molecule has 0 unspecified atom stereocenters. The van der Waals surface area contributed by atoms with E-state index < -0.39 is 0 Å². The van der Waals surface area contributed by atoms with Gasteiger partial charge in [0.25, 0.3) is 5.91 Å².